The second kappa shape index (κ2) is 8.95. The maximum atomic E-state index is 5.45. The first-order valence-corrected chi connectivity index (χ1v) is 11.3. The molecule has 0 radical (unpaired) electrons. The van der Waals surface area contributed by atoms with Gasteiger partial charge in [-0.1, -0.05) is 60.3 Å². The Labute approximate surface area is 185 Å². The Balaban J connectivity index is 1.41. The van der Waals surface area contributed by atoms with Crippen LogP contribution in [-0.4, -0.2) is 50.8 Å². The van der Waals surface area contributed by atoms with Crippen LogP contribution in [0.15, 0.2) is 72.0 Å². The highest BCUT2D eigenvalue weighted by molar-refractivity contribution is 7.98. The lowest BCUT2D eigenvalue weighted by Crippen LogP contribution is -2.37. The first kappa shape index (κ1) is 19.8. The Hall–Kier alpha value is -3.10. The molecule has 0 bridgehead atoms. The van der Waals surface area contributed by atoms with Crippen molar-refractivity contribution in [2.75, 3.05) is 31.2 Å². The molecule has 1 saturated heterocycles. The van der Waals surface area contributed by atoms with Gasteiger partial charge in [-0.2, -0.15) is 5.10 Å². The van der Waals surface area contributed by atoms with Gasteiger partial charge in [0.2, 0.25) is 5.95 Å². The fourth-order valence-electron chi connectivity index (χ4n) is 3.68. The van der Waals surface area contributed by atoms with Crippen molar-refractivity contribution in [3.63, 3.8) is 0 Å². The molecule has 0 N–H and O–H groups in total. The minimum atomic E-state index is 0.731. The van der Waals surface area contributed by atoms with Crippen LogP contribution in [0.5, 0.6) is 0 Å². The van der Waals surface area contributed by atoms with Crippen LogP contribution < -0.4 is 4.90 Å². The third-order valence-corrected chi connectivity index (χ3v) is 6.39. The van der Waals surface area contributed by atoms with E-state index in [1.807, 2.05) is 48.1 Å². The first-order valence-electron chi connectivity index (χ1n) is 10.3. The summed E-state index contributed by atoms with van der Waals surface area (Å²) in [5.74, 6) is 1.65. The van der Waals surface area contributed by atoms with Gasteiger partial charge in [-0.3, -0.25) is 4.57 Å². The fraction of sp³-hybridized carbons (Fsp3) is 0.261. The number of hydrogen-bond acceptors (Lipinski definition) is 6. The van der Waals surface area contributed by atoms with E-state index in [-0.39, 0.29) is 0 Å². The highest BCUT2D eigenvalue weighted by Crippen LogP contribution is 2.30. The highest BCUT2D eigenvalue weighted by Gasteiger charge is 2.19. The van der Waals surface area contributed by atoms with Crippen LogP contribution >= 0.6 is 11.8 Å². The number of anilines is 1. The van der Waals surface area contributed by atoms with Gasteiger partial charge in [0.25, 0.3) is 0 Å². The largest absolute Gasteiger partial charge is 0.378 e. The molecule has 4 aromatic rings. The van der Waals surface area contributed by atoms with Crippen molar-refractivity contribution in [3.8, 4) is 16.9 Å². The van der Waals surface area contributed by atoms with E-state index < -0.39 is 0 Å². The van der Waals surface area contributed by atoms with E-state index in [4.69, 9.17) is 9.84 Å². The standard InChI is InChI=1S/C23H24N6OS/c1-27-22(28-12-14-30-15-13-28)24-25-23(27)31-17-19-16-29(20-10-6-3-7-11-20)26-21(19)18-8-4-2-5-9-18/h2-11,16H,12-15,17H2,1H3. The van der Waals surface area contributed by atoms with E-state index in [1.165, 1.54) is 0 Å². The molecule has 0 unspecified atom stereocenters. The van der Waals surface area contributed by atoms with Gasteiger partial charge in [0.1, 0.15) is 0 Å². The Morgan fingerprint density at radius 3 is 2.39 bits per heavy atom. The molecule has 2 aromatic carbocycles. The first-order chi connectivity index (χ1) is 15.3. The SMILES string of the molecule is Cn1c(SCc2cn(-c3ccccc3)nc2-c2ccccc2)nnc1N1CCOCC1. The van der Waals surface area contributed by atoms with E-state index in [9.17, 15) is 0 Å². The summed E-state index contributed by atoms with van der Waals surface area (Å²) in [5.41, 5.74) is 4.31. The molecule has 5 rings (SSSR count). The van der Waals surface area contributed by atoms with Crippen LogP contribution in [-0.2, 0) is 17.5 Å². The number of para-hydroxylation sites is 1. The van der Waals surface area contributed by atoms with Crippen LogP contribution in [0.4, 0.5) is 5.95 Å². The highest BCUT2D eigenvalue weighted by atomic mass is 32.2. The number of ether oxygens (including phenoxy) is 1. The van der Waals surface area contributed by atoms with Crippen molar-refractivity contribution < 1.29 is 4.74 Å². The number of aromatic nitrogens is 5. The average molecular weight is 433 g/mol. The number of nitrogens with zero attached hydrogens (tertiary/aromatic N) is 6. The van der Waals surface area contributed by atoms with Crippen molar-refractivity contribution in [1.82, 2.24) is 24.5 Å². The van der Waals surface area contributed by atoms with Crippen molar-refractivity contribution >= 4 is 17.7 Å². The van der Waals surface area contributed by atoms with Gasteiger partial charge >= 0.3 is 0 Å². The number of rotatable bonds is 6. The third kappa shape index (κ3) is 4.22. The van der Waals surface area contributed by atoms with Gasteiger partial charge in [0.05, 0.1) is 24.6 Å². The van der Waals surface area contributed by atoms with Gasteiger partial charge in [0.15, 0.2) is 5.16 Å². The summed E-state index contributed by atoms with van der Waals surface area (Å²) in [4.78, 5) is 2.23. The zero-order valence-electron chi connectivity index (χ0n) is 17.4. The summed E-state index contributed by atoms with van der Waals surface area (Å²) in [6.07, 6.45) is 2.12. The number of morpholine rings is 1. The summed E-state index contributed by atoms with van der Waals surface area (Å²) in [6.45, 7) is 3.15. The topological polar surface area (TPSA) is 61.0 Å². The predicted octanol–water partition coefficient (Wildman–Crippen LogP) is 3.80. The van der Waals surface area contributed by atoms with Gasteiger partial charge < -0.3 is 9.64 Å². The molecule has 0 amide bonds. The second-order valence-electron chi connectivity index (χ2n) is 7.38. The maximum absolute atomic E-state index is 5.45. The van der Waals surface area contributed by atoms with Crippen molar-refractivity contribution in [3.05, 3.63) is 72.4 Å². The molecule has 0 aliphatic carbocycles. The molecule has 0 atom stereocenters. The van der Waals surface area contributed by atoms with E-state index in [0.29, 0.717) is 0 Å². The fourth-order valence-corrected chi connectivity index (χ4v) is 4.55. The molecule has 1 aliphatic heterocycles. The van der Waals surface area contributed by atoms with Gasteiger partial charge in [-0.15, -0.1) is 10.2 Å². The normalized spacial score (nSPS) is 14.2. The summed E-state index contributed by atoms with van der Waals surface area (Å²) in [7, 11) is 2.03. The molecular formula is C23H24N6OS. The molecule has 31 heavy (non-hydrogen) atoms. The van der Waals surface area contributed by atoms with E-state index >= 15 is 0 Å². The van der Waals surface area contributed by atoms with Gasteiger partial charge in [0, 0.05) is 43.2 Å². The van der Waals surface area contributed by atoms with Crippen LogP contribution in [0.1, 0.15) is 5.56 Å². The molecule has 0 spiro atoms. The average Bonchev–Trinajstić information content (AvgIpc) is 3.43. The van der Waals surface area contributed by atoms with Crippen molar-refractivity contribution in [2.24, 2.45) is 7.05 Å². The molecule has 158 valence electrons. The molecule has 7 nitrogen and oxygen atoms in total. The summed E-state index contributed by atoms with van der Waals surface area (Å²) in [6, 6.07) is 20.5. The maximum Gasteiger partial charge on any atom is 0.227 e. The number of hydrogen-bond donors (Lipinski definition) is 0. The lowest BCUT2D eigenvalue weighted by atomic mass is 10.1. The van der Waals surface area contributed by atoms with Gasteiger partial charge in [-0.05, 0) is 12.1 Å². The van der Waals surface area contributed by atoms with Crippen LogP contribution in [0, 0.1) is 0 Å². The Morgan fingerprint density at radius 2 is 1.65 bits per heavy atom. The number of thioether (sulfide) groups is 1. The smallest absolute Gasteiger partial charge is 0.227 e. The summed E-state index contributed by atoms with van der Waals surface area (Å²) in [5, 5.41) is 14.7. The molecule has 3 heterocycles. The zero-order chi connectivity index (χ0) is 21.0. The minimum Gasteiger partial charge on any atom is -0.378 e. The van der Waals surface area contributed by atoms with E-state index in [0.717, 1.165) is 65.7 Å². The monoisotopic (exact) mass is 432 g/mol. The van der Waals surface area contributed by atoms with Crippen LogP contribution in [0.25, 0.3) is 16.9 Å². The molecule has 2 aromatic heterocycles. The predicted molar refractivity (Wildman–Crippen MR) is 123 cm³/mol. The summed E-state index contributed by atoms with van der Waals surface area (Å²) < 4.78 is 9.48. The van der Waals surface area contributed by atoms with E-state index in [2.05, 4.69) is 50.1 Å². The zero-order valence-corrected chi connectivity index (χ0v) is 18.2. The Kier molecular flexibility index (Phi) is 5.73. The van der Waals surface area contributed by atoms with Gasteiger partial charge in [-0.25, -0.2) is 4.68 Å². The molecular weight excluding hydrogens is 408 g/mol. The van der Waals surface area contributed by atoms with Crippen molar-refractivity contribution in [1.29, 1.82) is 0 Å². The molecule has 0 saturated carbocycles. The lowest BCUT2D eigenvalue weighted by molar-refractivity contribution is 0.121. The third-order valence-electron chi connectivity index (χ3n) is 5.32. The lowest BCUT2D eigenvalue weighted by Gasteiger charge is -2.27. The number of benzene rings is 2. The summed E-state index contributed by atoms with van der Waals surface area (Å²) >= 11 is 1.68. The molecule has 8 heteroatoms. The van der Waals surface area contributed by atoms with Crippen molar-refractivity contribution in [2.45, 2.75) is 10.9 Å². The Bertz CT molecular complexity index is 1140. The minimum absolute atomic E-state index is 0.731. The van der Waals surface area contributed by atoms with E-state index in [1.54, 1.807) is 11.8 Å². The quantitative estimate of drug-likeness (QED) is 0.432. The molecule has 1 fully saturated rings. The second-order valence-corrected chi connectivity index (χ2v) is 8.32. The van der Waals surface area contributed by atoms with Crippen LogP contribution in [0.2, 0.25) is 0 Å². The Morgan fingerprint density at radius 1 is 0.935 bits per heavy atom. The van der Waals surface area contributed by atoms with Crippen LogP contribution in [0.3, 0.4) is 0 Å². The molecule has 1 aliphatic rings.